The van der Waals surface area contributed by atoms with E-state index < -0.39 is 0 Å². The van der Waals surface area contributed by atoms with Gasteiger partial charge in [-0.3, -0.25) is 4.79 Å². The molecule has 0 unspecified atom stereocenters. The van der Waals surface area contributed by atoms with Gasteiger partial charge in [0, 0.05) is 56.0 Å². The molecular weight excluding hydrogens is 448 g/mol. The second kappa shape index (κ2) is 11.7. The molecule has 1 amide bonds. The molecule has 2 N–H and O–H groups in total. The highest BCUT2D eigenvalue weighted by atomic mass is 32.1. The van der Waals surface area contributed by atoms with Gasteiger partial charge in [-0.1, -0.05) is 13.0 Å². The molecule has 3 heterocycles. The first kappa shape index (κ1) is 25.3. The highest BCUT2D eigenvalue weighted by Gasteiger charge is 2.16. The van der Waals surface area contributed by atoms with Crippen molar-refractivity contribution in [1.29, 1.82) is 0 Å². The number of carbonyl (C=O) groups is 1. The van der Waals surface area contributed by atoms with Gasteiger partial charge in [-0.25, -0.2) is 15.0 Å². The first-order valence-corrected chi connectivity index (χ1v) is 11.3. The van der Waals surface area contributed by atoms with Crippen LogP contribution in [0.5, 0.6) is 5.75 Å². The summed E-state index contributed by atoms with van der Waals surface area (Å²) in [6, 6.07) is 11.6. The Labute approximate surface area is 207 Å². The van der Waals surface area contributed by atoms with E-state index in [1.165, 1.54) is 12.8 Å². The second-order valence-corrected chi connectivity index (χ2v) is 8.21. The summed E-state index contributed by atoms with van der Waals surface area (Å²) >= 11 is 0. The SMILES string of the molecule is CNC(=O)c1ccc([C@H](C)CNc2cc(-c3ccc(N4CCCC4)nc3)ncn2)c(OC)c1.S. The number of methoxy groups -OCH3 is 1. The van der Waals surface area contributed by atoms with Crippen molar-refractivity contribution in [2.45, 2.75) is 25.7 Å². The number of hydrogen-bond acceptors (Lipinski definition) is 7. The molecule has 1 saturated heterocycles. The summed E-state index contributed by atoms with van der Waals surface area (Å²) in [4.78, 5) is 27.6. The average molecular weight is 481 g/mol. The van der Waals surface area contributed by atoms with Gasteiger partial charge in [-0.2, -0.15) is 13.5 Å². The van der Waals surface area contributed by atoms with Gasteiger partial charge in [-0.15, -0.1) is 0 Å². The Morgan fingerprint density at radius 1 is 1.12 bits per heavy atom. The fraction of sp³-hybridized carbons (Fsp3) is 0.360. The molecule has 4 rings (SSSR count). The minimum Gasteiger partial charge on any atom is -0.496 e. The Morgan fingerprint density at radius 3 is 2.59 bits per heavy atom. The molecule has 0 aliphatic carbocycles. The van der Waals surface area contributed by atoms with Crippen LogP contribution in [0, 0.1) is 0 Å². The average Bonchev–Trinajstić information content (AvgIpc) is 3.42. The number of nitrogens with one attached hydrogen (secondary N) is 2. The van der Waals surface area contributed by atoms with Crippen LogP contribution in [0.15, 0.2) is 48.9 Å². The number of rotatable bonds is 8. The van der Waals surface area contributed by atoms with Crippen LogP contribution in [-0.2, 0) is 0 Å². The number of aromatic nitrogens is 3. The van der Waals surface area contributed by atoms with E-state index in [4.69, 9.17) is 4.74 Å². The highest BCUT2D eigenvalue weighted by Crippen LogP contribution is 2.28. The molecule has 1 atom stereocenters. The van der Waals surface area contributed by atoms with Crippen LogP contribution < -0.4 is 20.3 Å². The molecule has 9 heteroatoms. The topological polar surface area (TPSA) is 92.3 Å². The Morgan fingerprint density at radius 2 is 1.91 bits per heavy atom. The number of nitrogens with zero attached hydrogens (tertiary/aromatic N) is 4. The molecule has 1 fully saturated rings. The second-order valence-electron chi connectivity index (χ2n) is 8.21. The molecule has 34 heavy (non-hydrogen) atoms. The van der Waals surface area contributed by atoms with Crippen LogP contribution in [0.3, 0.4) is 0 Å². The van der Waals surface area contributed by atoms with Crippen molar-refractivity contribution in [2.75, 3.05) is 44.0 Å². The van der Waals surface area contributed by atoms with Crippen molar-refractivity contribution in [3.8, 4) is 17.0 Å². The van der Waals surface area contributed by atoms with Gasteiger partial charge in [-0.05, 0) is 42.7 Å². The van der Waals surface area contributed by atoms with Gasteiger partial charge in [0.25, 0.3) is 5.91 Å². The minimum absolute atomic E-state index is 0. The third-order valence-corrected chi connectivity index (χ3v) is 5.98. The summed E-state index contributed by atoms with van der Waals surface area (Å²) in [6.45, 7) is 4.91. The van der Waals surface area contributed by atoms with E-state index in [0.717, 1.165) is 41.5 Å². The predicted octanol–water partition coefficient (Wildman–Crippen LogP) is 3.84. The molecule has 180 valence electrons. The number of hydrogen-bond donors (Lipinski definition) is 2. The van der Waals surface area contributed by atoms with Gasteiger partial charge in [0.05, 0.1) is 12.8 Å². The number of ether oxygens (including phenoxy) is 1. The quantitative estimate of drug-likeness (QED) is 0.506. The Kier molecular flexibility index (Phi) is 8.70. The zero-order valence-corrected chi connectivity index (χ0v) is 20.8. The lowest BCUT2D eigenvalue weighted by Gasteiger charge is -2.18. The normalized spacial score (nSPS) is 13.7. The minimum atomic E-state index is -0.137. The first-order valence-electron chi connectivity index (χ1n) is 11.3. The molecule has 1 aliphatic heterocycles. The molecule has 0 radical (unpaired) electrons. The third kappa shape index (κ3) is 5.77. The molecular formula is C25H32N6O2S. The lowest BCUT2D eigenvalue weighted by molar-refractivity contribution is 0.0962. The zero-order valence-electron chi connectivity index (χ0n) is 19.8. The summed E-state index contributed by atoms with van der Waals surface area (Å²) in [5.74, 6) is 2.46. The summed E-state index contributed by atoms with van der Waals surface area (Å²) < 4.78 is 5.53. The van der Waals surface area contributed by atoms with E-state index in [-0.39, 0.29) is 25.3 Å². The number of pyridine rings is 1. The van der Waals surface area contributed by atoms with E-state index in [1.54, 1.807) is 26.6 Å². The van der Waals surface area contributed by atoms with Crippen LogP contribution in [0.25, 0.3) is 11.3 Å². The highest BCUT2D eigenvalue weighted by molar-refractivity contribution is 7.59. The lowest BCUT2D eigenvalue weighted by atomic mass is 9.98. The van der Waals surface area contributed by atoms with Gasteiger partial charge in [0.2, 0.25) is 0 Å². The van der Waals surface area contributed by atoms with E-state index >= 15 is 0 Å². The van der Waals surface area contributed by atoms with Gasteiger partial charge >= 0.3 is 0 Å². The maximum Gasteiger partial charge on any atom is 0.251 e. The third-order valence-electron chi connectivity index (χ3n) is 5.98. The van der Waals surface area contributed by atoms with Crippen LogP contribution >= 0.6 is 13.5 Å². The number of anilines is 2. The van der Waals surface area contributed by atoms with Crippen molar-refractivity contribution in [1.82, 2.24) is 20.3 Å². The Bertz CT molecular complexity index is 1100. The molecule has 0 saturated carbocycles. The molecule has 0 spiro atoms. The van der Waals surface area contributed by atoms with Crippen molar-refractivity contribution in [2.24, 2.45) is 0 Å². The standard InChI is InChI=1S/C25H30N6O2.H2S/c1-17(20-8-6-18(25(32)26-2)12-22(20)33-3)14-27-23-13-21(29-16-30-23)19-7-9-24(28-15-19)31-10-4-5-11-31;/h6-9,12-13,15-17H,4-5,10-11,14H2,1-3H3,(H,26,32)(H,27,29,30);1H2/t17-;/m1./s1. The van der Waals surface area contributed by atoms with Crippen molar-refractivity contribution >= 4 is 31.0 Å². The Hall–Kier alpha value is -3.33. The van der Waals surface area contributed by atoms with Gasteiger partial charge < -0.3 is 20.3 Å². The number of carbonyl (C=O) groups excluding carboxylic acids is 1. The molecule has 8 nitrogen and oxygen atoms in total. The number of amides is 1. The van der Waals surface area contributed by atoms with Gasteiger partial charge in [0.1, 0.15) is 23.7 Å². The molecule has 1 aromatic carbocycles. The summed E-state index contributed by atoms with van der Waals surface area (Å²) in [5.41, 5.74) is 3.38. The maximum absolute atomic E-state index is 11.9. The summed E-state index contributed by atoms with van der Waals surface area (Å²) in [6.07, 6.45) is 5.90. The maximum atomic E-state index is 11.9. The van der Waals surface area contributed by atoms with E-state index in [1.807, 2.05) is 24.4 Å². The van der Waals surface area contributed by atoms with Gasteiger partial charge in [0.15, 0.2) is 0 Å². The molecule has 3 aromatic rings. The number of benzene rings is 1. The largest absolute Gasteiger partial charge is 0.496 e. The zero-order chi connectivity index (χ0) is 23.2. The summed E-state index contributed by atoms with van der Waals surface area (Å²) in [5, 5.41) is 6.03. The van der Waals surface area contributed by atoms with Crippen LogP contribution in [-0.4, -0.2) is 54.7 Å². The smallest absolute Gasteiger partial charge is 0.251 e. The van der Waals surface area contributed by atoms with Crippen LogP contribution in [0.4, 0.5) is 11.6 Å². The monoisotopic (exact) mass is 480 g/mol. The van der Waals surface area contributed by atoms with Crippen molar-refractivity contribution in [3.05, 3.63) is 60.0 Å². The van der Waals surface area contributed by atoms with E-state index in [9.17, 15) is 4.79 Å². The summed E-state index contributed by atoms with van der Waals surface area (Å²) in [7, 11) is 3.23. The van der Waals surface area contributed by atoms with E-state index in [2.05, 4.69) is 49.5 Å². The molecule has 2 aromatic heterocycles. The fourth-order valence-corrected chi connectivity index (χ4v) is 4.05. The van der Waals surface area contributed by atoms with Crippen LogP contribution in [0.1, 0.15) is 41.6 Å². The first-order chi connectivity index (χ1) is 16.1. The van der Waals surface area contributed by atoms with Crippen LogP contribution in [0.2, 0.25) is 0 Å². The lowest BCUT2D eigenvalue weighted by Crippen LogP contribution is -2.18. The predicted molar refractivity (Wildman–Crippen MR) is 140 cm³/mol. The van der Waals surface area contributed by atoms with E-state index in [0.29, 0.717) is 17.9 Å². The van der Waals surface area contributed by atoms with Crippen molar-refractivity contribution < 1.29 is 9.53 Å². The fourth-order valence-electron chi connectivity index (χ4n) is 4.05. The Balaban J connectivity index is 0.00000324. The van der Waals surface area contributed by atoms with Crippen molar-refractivity contribution in [3.63, 3.8) is 0 Å². The molecule has 0 bridgehead atoms. The molecule has 1 aliphatic rings.